The molecule has 19 heavy (non-hydrogen) atoms. The van der Waals surface area contributed by atoms with Gasteiger partial charge in [-0.1, -0.05) is 27.5 Å². The molecule has 1 atom stereocenters. The molecule has 3 amide bonds. The summed E-state index contributed by atoms with van der Waals surface area (Å²) in [5.74, 6) is -0.426. The molecule has 0 saturated heterocycles. The average Bonchev–Trinajstić information content (AvgIpc) is 2.32. The van der Waals surface area contributed by atoms with Crippen LogP contribution in [0.2, 0.25) is 5.02 Å². The van der Waals surface area contributed by atoms with Gasteiger partial charge in [0.1, 0.15) is 6.04 Å². The van der Waals surface area contributed by atoms with E-state index in [0.717, 1.165) is 4.47 Å². The fourth-order valence-electron chi connectivity index (χ4n) is 1.33. The van der Waals surface area contributed by atoms with Crippen molar-refractivity contribution in [2.45, 2.75) is 19.9 Å². The molecule has 0 radical (unpaired) electrons. The first kappa shape index (κ1) is 15.8. The van der Waals surface area contributed by atoms with Crippen LogP contribution in [0.1, 0.15) is 13.8 Å². The number of carbonyl (C=O) groups is 2. The predicted octanol–water partition coefficient (Wildman–Crippen LogP) is 2.75. The highest BCUT2D eigenvalue weighted by molar-refractivity contribution is 9.10. The molecule has 0 spiro atoms. The Bertz CT molecular complexity index is 482. The molecular weight excluding hydrogens is 334 g/mol. The molecule has 0 fully saturated rings. The molecule has 0 aliphatic rings. The SMILES string of the molecule is CCNC(=O)NC(=O)C(C)Nc1ccc(Br)cc1Cl. The first-order valence-electron chi connectivity index (χ1n) is 5.74. The minimum absolute atomic E-state index is 0.426. The van der Waals surface area contributed by atoms with E-state index < -0.39 is 18.0 Å². The van der Waals surface area contributed by atoms with E-state index in [1.165, 1.54) is 0 Å². The number of hydrogen-bond acceptors (Lipinski definition) is 3. The number of imide groups is 1. The van der Waals surface area contributed by atoms with Crippen LogP contribution in [0.4, 0.5) is 10.5 Å². The number of nitrogens with one attached hydrogen (secondary N) is 3. The Kier molecular flexibility index (Phi) is 6.11. The van der Waals surface area contributed by atoms with Gasteiger partial charge < -0.3 is 10.6 Å². The molecule has 0 bridgehead atoms. The largest absolute Gasteiger partial charge is 0.373 e. The van der Waals surface area contributed by atoms with Crippen molar-refractivity contribution in [2.75, 3.05) is 11.9 Å². The molecule has 0 aliphatic carbocycles. The highest BCUT2D eigenvalue weighted by Gasteiger charge is 2.16. The molecule has 5 nitrogen and oxygen atoms in total. The van der Waals surface area contributed by atoms with Crippen molar-refractivity contribution < 1.29 is 9.59 Å². The average molecular weight is 349 g/mol. The number of amides is 3. The zero-order valence-corrected chi connectivity index (χ0v) is 12.9. The molecule has 0 saturated carbocycles. The number of benzene rings is 1. The molecule has 1 unspecified atom stereocenters. The zero-order chi connectivity index (χ0) is 14.4. The third-order valence-electron chi connectivity index (χ3n) is 2.27. The van der Waals surface area contributed by atoms with Gasteiger partial charge in [-0.05, 0) is 32.0 Å². The topological polar surface area (TPSA) is 70.2 Å². The van der Waals surface area contributed by atoms with Gasteiger partial charge in [-0.2, -0.15) is 0 Å². The third kappa shape index (κ3) is 5.08. The Balaban J connectivity index is 2.61. The smallest absolute Gasteiger partial charge is 0.321 e. The molecule has 0 aromatic heterocycles. The van der Waals surface area contributed by atoms with Crippen LogP contribution in [0.3, 0.4) is 0 Å². The summed E-state index contributed by atoms with van der Waals surface area (Å²) in [4.78, 5) is 22.9. The summed E-state index contributed by atoms with van der Waals surface area (Å²) in [5, 5.41) is 8.14. The van der Waals surface area contributed by atoms with Crippen LogP contribution in [0.25, 0.3) is 0 Å². The maximum atomic E-state index is 11.7. The van der Waals surface area contributed by atoms with E-state index >= 15 is 0 Å². The minimum atomic E-state index is -0.582. The number of hydrogen-bond donors (Lipinski definition) is 3. The third-order valence-corrected chi connectivity index (χ3v) is 3.08. The number of urea groups is 1. The van der Waals surface area contributed by atoms with Crippen molar-refractivity contribution in [2.24, 2.45) is 0 Å². The Morgan fingerprint density at radius 1 is 1.42 bits per heavy atom. The van der Waals surface area contributed by atoms with Crippen LogP contribution in [-0.4, -0.2) is 24.5 Å². The van der Waals surface area contributed by atoms with Gasteiger partial charge in [0.05, 0.1) is 10.7 Å². The van der Waals surface area contributed by atoms with Gasteiger partial charge in [-0.3, -0.25) is 10.1 Å². The van der Waals surface area contributed by atoms with Crippen molar-refractivity contribution in [3.63, 3.8) is 0 Å². The van der Waals surface area contributed by atoms with Crippen molar-refractivity contribution in [3.8, 4) is 0 Å². The van der Waals surface area contributed by atoms with E-state index in [1.807, 2.05) is 6.07 Å². The predicted molar refractivity (Wildman–Crippen MR) is 79.5 cm³/mol. The fraction of sp³-hybridized carbons (Fsp3) is 0.333. The molecule has 0 aliphatic heterocycles. The van der Waals surface area contributed by atoms with Gasteiger partial charge in [-0.15, -0.1) is 0 Å². The fourth-order valence-corrected chi connectivity index (χ4v) is 2.06. The van der Waals surface area contributed by atoms with E-state index in [-0.39, 0.29) is 0 Å². The highest BCUT2D eigenvalue weighted by atomic mass is 79.9. The molecule has 7 heteroatoms. The van der Waals surface area contributed by atoms with Crippen LogP contribution >= 0.6 is 27.5 Å². The summed E-state index contributed by atoms with van der Waals surface area (Å²) in [7, 11) is 0. The van der Waals surface area contributed by atoms with Gasteiger partial charge in [0.15, 0.2) is 0 Å². The van der Waals surface area contributed by atoms with Gasteiger partial charge in [0, 0.05) is 11.0 Å². The summed E-state index contributed by atoms with van der Waals surface area (Å²) >= 11 is 9.33. The van der Waals surface area contributed by atoms with Gasteiger partial charge in [-0.25, -0.2) is 4.79 Å². The second-order valence-electron chi connectivity index (χ2n) is 3.84. The number of halogens is 2. The lowest BCUT2D eigenvalue weighted by Gasteiger charge is -2.15. The quantitative estimate of drug-likeness (QED) is 0.783. The minimum Gasteiger partial charge on any atom is -0.373 e. The first-order valence-corrected chi connectivity index (χ1v) is 6.91. The second-order valence-corrected chi connectivity index (χ2v) is 5.16. The Morgan fingerprint density at radius 2 is 2.11 bits per heavy atom. The molecule has 0 heterocycles. The Labute approximate surface area is 125 Å². The van der Waals surface area contributed by atoms with Crippen LogP contribution in [0, 0.1) is 0 Å². The molecular formula is C12H15BrClN3O2. The van der Waals surface area contributed by atoms with E-state index in [4.69, 9.17) is 11.6 Å². The lowest BCUT2D eigenvalue weighted by molar-refractivity contribution is -0.120. The van der Waals surface area contributed by atoms with Crippen LogP contribution in [0.5, 0.6) is 0 Å². The van der Waals surface area contributed by atoms with E-state index in [1.54, 1.807) is 26.0 Å². The lowest BCUT2D eigenvalue weighted by Crippen LogP contribution is -2.45. The van der Waals surface area contributed by atoms with Gasteiger partial charge >= 0.3 is 6.03 Å². The van der Waals surface area contributed by atoms with Crippen molar-refractivity contribution in [1.82, 2.24) is 10.6 Å². The summed E-state index contributed by atoms with van der Waals surface area (Å²) in [5.41, 5.74) is 0.628. The van der Waals surface area contributed by atoms with Crippen molar-refractivity contribution in [1.29, 1.82) is 0 Å². The second kappa shape index (κ2) is 7.35. The Morgan fingerprint density at radius 3 is 2.68 bits per heavy atom. The molecule has 1 rings (SSSR count). The van der Waals surface area contributed by atoms with E-state index in [2.05, 4.69) is 31.9 Å². The maximum absolute atomic E-state index is 11.7. The van der Waals surface area contributed by atoms with Crippen molar-refractivity contribution >= 4 is 45.2 Å². The molecule has 1 aromatic rings. The molecule has 1 aromatic carbocycles. The molecule has 3 N–H and O–H groups in total. The van der Waals surface area contributed by atoms with Crippen LogP contribution in [-0.2, 0) is 4.79 Å². The summed E-state index contributed by atoms with van der Waals surface area (Å²) in [6, 6.07) is 4.19. The normalized spacial score (nSPS) is 11.6. The summed E-state index contributed by atoms with van der Waals surface area (Å²) in [6.45, 7) is 3.87. The van der Waals surface area contributed by atoms with Crippen LogP contribution < -0.4 is 16.0 Å². The number of rotatable bonds is 4. The number of carbonyl (C=O) groups excluding carboxylic acids is 2. The first-order chi connectivity index (χ1) is 8.93. The van der Waals surface area contributed by atoms with Crippen LogP contribution in [0.15, 0.2) is 22.7 Å². The van der Waals surface area contributed by atoms with E-state index in [0.29, 0.717) is 17.3 Å². The van der Waals surface area contributed by atoms with Gasteiger partial charge in [0.2, 0.25) is 5.91 Å². The highest BCUT2D eigenvalue weighted by Crippen LogP contribution is 2.26. The standard InChI is InChI=1S/C12H15BrClN3O2/c1-3-15-12(19)17-11(18)7(2)16-10-5-4-8(13)6-9(10)14/h4-7,16H,3H2,1-2H3,(H2,15,17,18,19). The zero-order valence-electron chi connectivity index (χ0n) is 10.6. The summed E-state index contributed by atoms with van der Waals surface area (Å²) < 4.78 is 0.850. The lowest BCUT2D eigenvalue weighted by atomic mass is 10.2. The maximum Gasteiger partial charge on any atom is 0.321 e. The monoisotopic (exact) mass is 347 g/mol. The molecule has 104 valence electrons. The number of anilines is 1. The summed E-state index contributed by atoms with van der Waals surface area (Å²) in [6.07, 6.45) is 0. The van der Waals surface area contributed by atoms with Gasteiger partial charge in [0.25, 0.3) is 0 Å². The Hall–Kier alpha value is -1.27. The van der Waals surface area contributed by atoms with E-state index in [9.17, 15) is 9.59 Å². The van der Waals surface area contributed by atoms with Crippen molar-refractivity contribution in [3.05, 3.63) is 27.7 Å².